The van der Waals surface area contributed by atoms with Crippen molar-refractivity contribution < 1.29 is 4.52 Å². The normalized spacial score (nSPS) is 11.4. The number of nitrogens with two attached hydrogens (primary N) is 1. The maximum atomic E-state index is 7.00. The maximum absolute atomic E-state index is 7.00. The van der Waals surface area contributed by atoms with Gasteiger partial charge in [-0.3, -0.25) is 0 Å². The zero-order valence-corrected chi connectivity index (χ0v) is 12.3. The Balaban J connectivity index is 2.50. The van der Waals surface area contributed by atoms with Crippen molar-refractivity contribution in [3.05, 3.63) is 11.8 Å². The molecule has 0 unspecified atom stereocenters. The molecular weight excluding hydrogens is 299 g/mol. The van der Waals surface area contributed by atoms with Crippen molar-refractivity contribution in [1.82, 2.24) is 10.5 Å². The van der Waals surface area contributed by atoms with Crippen LogP contribution in [0.5, 0.6) is 0 Å². The van der Waals surface area contributed by atoms with Gasteiger partial charge in [0.1, 0.15) is 0 Å². The van der Waals surface area contributed by atoms with Gasteiger partial charge in [-0.1, -0.05) is 0 Å². The van der Waals surface area contributed by atoms with Crippen LogP contribution in [0.4, 0.5) is 0 Å². The molecule has 0 amide bonds. The van der Waals surface area contributed by atoms with Crippen molar-refractivity contribution in [2.75, 3.05) is 6.54 Å². The Hall–Kier alpha value is -0.721. The Bertz CT molecular complexity index is 342. The van der Waals surface area contributed by atoms with E-state index in [0.29, 0.717) is 6.54 Å². The first-order valence-electron chi connectivity index (χ1n) is 4.93. The molecule has 1 rings (SSSR count). The molecule has 0 aromatic carbocycles. The Labute approximate surface area is 93.8 Å². The summed E-state index contributed by atoms with van der Waals surface area (Å²) >= 11 is -2.09. The fourth-order valence-electron chi connectivity index (χ4n) is 1.11. The molecule has 1 heterocycles. The molecule has 0 aliphatic heterocycles. The monoisotopic (exact) mass is 318 g/mol. The topological polar surface area (TPSA) is 87.9 Å². The molecule has 4 N–H and O–H groups in total. The Morgan fingerprint density at radius 2 is 2.27 bits per heavy atom. The predicted molar refractivity (Wildman–Crippen MR) is 63.1 cm³/mol. The van der Waals surface area contributed by atoms with E-state index < -0.39 is 18.4 Å². The minimum absolute atomic E-state index is 0.00582. The second-order valence-corrected chi connectivity index (χ2v) is 18.8. The Morgan fingerprint density at radius 1 is 1.60 bits per heavy atom. The molecular formula is C9H18N4OSn. The summed E-state index contributed by atoms with van der Waals surface area (Å²) in [5, 5.41) is 13.7. The molecule has 0 atom stereocenters. The molecule has 0 fully saturated rings. The number of aromatic nitrogens is 1. The summed E-state index contributed by atoms with van der Waals surface area (Å²) in [5.41, 5.74) is 6.11. The van der Waals surface area contributed by atoms with Gasteiger partial charge >= 0.3 is 93.8 Å². The van der Waals surface area contributed by atoms with Gasteiger partial charge in [0, 0.05) is 0 Å². The van der Waals surface area contributed by atoms with E-state index >= 15 is 0 Å². The van der Waals surface area contributed by atoms with Gasteiger partial charge in [0.2, 0.25) is 0 Å². The molecule has 6 heteroatoms. The van der Waals surface area contributed by atoms with Crippen molar-refractivity contribution in [2.45, 2.75) is 21.2 Å². The summed E-state index contributed by atoms with van der Waals surface area (Å²) in [4.78, 5) is 6.85. The molecule has 1 aromatic rings. The second kappa shape index (κ2) is 4.87. The van der Waals surface area contributed by atoms with Crippen LogP contribution in [-0.2, 0) is 6.42 Å². The van der Waals surface area contributed by atoms with E-state index in [4.69, 9.17) is 15.7 Å². The van der Waals surface area contributed by atoms with E-state index in [2.05, 4.69) is 25.3 Å². The van der Waals surface area contributed by atoms with Crippen LogP contribution >= 0.6 is 0 Å². The van der Waals surface area contributed by atoms with Gasteiger partial charge in [-0.15, -0.1) is 0 Å². The van der Waals surface area contributed by atoms with Crippen molar-refractivity contribution >= 4 is 28.1 Å². The average Bonchev–Trinajstić information content (AvgIpc) is 2.51. The van der Waals surface area contributed by atoms with E-state index in [0.717, 1.165) is 15.9 Å². The van der Waals surface area contributed by atoms with Crippen LogP contribution in [0, 0.1) is 5.41 Å². The molecule has 0 aliphatic rings. The van der Waals surface area contributed by atoms with Crippen LogP contribution in [0.15, 0.2) is 10.6 Å². The van der Waals surface area contributed by atoms with Crippen molar-refractivity contribution in [3.63, 3.8) is 0 Å². The first-order chi connectivity index (χ1) is 6.89. The number of nitrogens with zero attached hydrogens (tertiary/aromatic N) is 1. The second-order valence-electron chi connectivity index (χ2n) is 4.52. The van der Waals surface area contributed by atoms with E-state index in [9.17, 15) is 0 Å². The molecule has 1 aromatic heterocycles. The van der Waals surface area contributed by atoms with E-state index in [-0.39, 0.29) is 5.96 Å². The third kappa shape index (κ3) is 4.11. The quantitative estimate of drug-likeness (QED) is 0.422. The zero-order chi connectivity index (χ0) is 11.5. The summed E-state index contributed by atoms with van der Waals surface area (Å²) in [5.74, 6) is -0.00582. The fourth-order valence-corrected chi connectivity index (χ4v) is 3.73. The summed E-state index contributed by atoms with van der Waals surface area (Å²) in [6.07, 6.45) is 0.741. The number of hydrogen-bond acceptors (Lipinski definition) is 3. The van der Waals surface area contributed by atoms with Crippen LogP contribution < -0.4 is 14.8 Å². The van der Waals surface area contributed by atoms with Gasteiger partial charge in [0.25, 0.3) is 0 Å². The molecule has 0 saturated carbocycles. The van der Waals surface area contributed by atoms with Crippen LogP contribution in [0.1, 0.15) is 5.69 Å². The molecule has 0 radical (unpaired) electrons. The Morgan fingerprint density at radius 3 is 2.73 bits per heavy atom. The summed E-state index contributed by atoms with van der Waals surface area (Å²) < 4.78 is 6.40. The third-order valence-corrected chi connectivity index (χ3v) is 6.89. The van der Waals surface area contributed by atoms with Crippen molar-refractivity contribution in [1.29, 1.82) is 5.41 Å². The number of rotatable bonds is 4. The van der Waals surface area contributed by atoms with Gasteiger partial charge in [-0.25, -0.2) is 0 Å². The first kappa shape index (κ1) is 12.3. The minimum atomic E-state index is -2.09. The van der Waals surface area contributed by atoms with Crippen LogP contribution in [0.25, 0.3) is 0 Å². The number of nitrogens with one attached hydrogen (secondary N) is 2. The van der Waals surface area contributed by atoms with Gasteiger partial charge in [-0.05, 0) is 0 Å². The van der Waals surface area contributed by atoms with Crippen molar-refractivity contribution in [2.24, 2.45) is 5.73 Å². The molecule has 5 nitrogen and oxygen atoms in total. The van der Waals surface area contributed by atoms with E-state index in [1.807, 2.05) is 6.07 Å². The van der Waals surface area contributed by atoms with Gasteiger partial charge < -0.3 is 0 Å². The predicted octanol–water partition coefficient (Wildman–Crippen LogP) is 0.245. The van der Waals surface area contributed by atoms with E-state index in [1.54, 1.807) is 0 Å². The van der Waals surface area contributed by atoms with Gasteiger partial charge in [0.05, 0.1) is 0 Å². The van der Waals surface area contributed by atoms with Crippen LogP contribution in [-0.4, -0.2) is 36.0 Å². The van der Waals surface area contributed by atoms with Crippen molar-refractivity contribution in [3.8, 4) is 0 Å². The molecule has 0 aliphatic carbocycles. The van der Waals surface area contributed by atoms with Gasteiger partial charge in [-0.2, -0.15) is 0 Å². The Kier molecular flexibility index (Phi) is 4.01. The molecule has 0 bridgehead atoms. The molecule has 15 heavy (non-hydrogen) atoms. The SMILES string of the molecule is [CH3][Sn]([CH3])([CH3])[c]1cc(CCNC(=N)N)no1. The van der Waals surface area contributed by atoms with Crippen LogP contribution in [0.2, 0.25) is 14.8 Å². The fraction of sp³-hybridized carbons (Fsp3) is 0.556. The average molecular weight is 317 g/mol. The number of hydrogen-bond donors (Lipinski definition) is 3. The summed E-state index contributed by atoms with van der Waals surface area (Å²) in [6.45, 7) is 0.626. The third-order valence-electron chi connectivity index (χ3n) is 1.99. The number of guanidine groups is 1. The zero-order valence-electron chi connectivity index (χ0n) is 9.42. The molecule has 0 saturated heterocycles. The van der Waals surface area contributed by atoms with Crippen LogP contribution in [0.3, 0.4) is 0 Å². The first-order valence-corrected chi connectivity index (χ1v) is 14.9. The summed E-state index contributed by atoms with van der Waals surface area (Å²) in [7, 11) is 0. The standard InChI is InChI=1S/C6H9N4O.3CH3.Sn/c7-6(8)9-3-1-5-2-4-11-10-5;;;;/h2H,1,3H2,(H4,7,8,9);3*1H3;. The van der Waals surface area contributed by atoms with E-state index in [1.165, 1.54) is 0 Å². The molecule has 0 spiro atoms. The summed E-state index contributed by atoms with van der Waals surface area (Å²) in [6, 6.07) is 2.04. The van der Waals surface area contributed by atoms with Gasteiger partial charge in [0.15, 0.2) is 0 Å². The molecule has 84 valence electrons.